The molecule has 1 amide bonds. The molecular weight excluding hydrogens is 345 g/mol. The Morgan fingerprint density at radius 1 is 1.50 bits per heavy atom. The van der Waals surface area contributed by atoms with Gasteiger partial charge >= 0.3 is 0 Å². The number of carbonyl (C=O) groups excluding carboxylic acids is 1. The Morgan fingerprint density at radius 2 is 2.39 bits per heavy atom. The Bertz CT molecular complexity index is 409. The van der Waals surface area contributed by atoms with Gasteiger partial charge in [-0.2, -0.15) is 0 Å². The van der Waals surface area contributed by atoms with Crippen LogP contribution in [0.4, 0.5) is 5.69 Å². The molecule has 0 saturated heterocycles. The third-order valence-electron chi connectivity index (χ3n) is 2.26. The number of hydrogen-bond donors (Lipinski definition) is 3. The average molecular weight is 361 g/mol. The number of nitrogens with one attached hydrogen (secondary N) is 3. The molecule has 0 aromatic carbocycles. The molecule has 0 saturated carbocycles. The molecule has 3 N–H and O–H groups in total. The second-order valence-corrected chi connectivity index (χ2v) is 3.65. The summed E-state index contributed by atoms with van der Waals surface area (Å²) in [6, 6.07) is 3.57. The number of rotatable bonds is 3. The first-order valence-electron chi connectivity index (χ1n) is 5.57. The number of aliphatic imine (C=N–C) groups is 1. The Kier molecular flexibility index (Phi) is 6.40. The number of guanidine groups is 1. The van der Waals surface area contributed by atoms with Crippen LogP contribution in [0.25, 0.3) is 0 Å². The van der Waals surface area contributed by atoms with Gasteiger partial charge in [0, 0.05) is 19.3 Å². The molecular formula is C11H16IN5O. The molecule has 7 heteroatoms. The van der Waals surface area contributed by atoms with Crippen LogP contribution in [0.15, 0.2) is 29.5 Å². The van der Waals surface area contributed by atoms with Crippen molar-refractivity contribution >= 4 is 41.5 Å². The van der Waals surface area contributed by atoms with E-state index in [0.717, 1.165) is 19.5 Å². The molecule has 1 aromatic rings. The molecule has 1 aromatic heterocycles. The van der Waals surface area contributed by atoms with E-state index in [1.807, 2.05) is 0 Å². The largest absolute Gasteiger partial charge is 0.356 e. The van der Waals surface area contributed by atoms with E-state index >= 15 is 0 Å². The fourth-order valence-electron chi connectivity index (χ4n) is 1.46. The molecule has 0 aliphatic carbocycles. The summed E-state index contributed by atoms with van der Waals surface area (Å²) < 4.78 is 0. The van der Waals surface area contributed by atoms with E-state index in [4.69, 9.17) is 0 Å². The molecule has 0 fully saturated rings. The molecule has 0 spiro atoms. The number of pyridine rings is 1. The van der Waals surface area contributed by atoms with Gasteiger partial charge in [0.15, 0.2) is 5.96 Å². The monoisotopic (exact) mass is 361 g/mol. The zero-order chi connectivity index (χ0) is 11.9. The van der Waals surface area contributed by atoms with Crippen molar-refractivity contribution in [1.29, 1.82) is 0 Å². The molecule has 0 bridgehead atoms. The van der Waals surface area contributed by atoms with Crippen molar-refractivity contribution < 1.29 is 4.79 Å². The minimum atomic E-state index is -0.118. The van der Waals surface area contributed by atoms with Gasteiger partial charge in [-0.1, -0.05) is 0 Å². The molecule has 1 aliphatic rings. The van der Waals surface area contributed by atoms with E-state index in [-0.39, 0.29) is 36.4 Å². The standard InChI is InChI=1S/C11H15N5O.HI/c17-10(16-9-3-1-4-12-7-9)8-15-11-13-5-2-6-14-11;/h1,3-4,7H,2,5-6,8H2,(H,16,17)(H2,13,14,15);1H. The fraction of sp³-hybridized carbons (Fsp3) is 0.364. The van der Waals surface area contributed by atoms with E-state index in [2.05, 4.69) is 25.9 Å². The molecule has 1 aliphatic heterocycles. The molecule has 6 nitrogen and oxygen atoms in total. The molecule has 0 radical (unpaired) electrons. The van der Waals surface area contributed by atoms with Gasteiger partial charge < -0.3 is 16.0 Å². The topological polar surface area (TPSA) is 78.4 Å². The van der Waals surface area contributed by atoms with Gasteiger partial charge in [0.05, 0.1) is 18.4 Å². The molecule has 2 heterocycles. The average Bonchev–Trinajstić information content (AvgIpc) is 2.39. The van der Waals surface area contributed by atoms with Gasteiger partial charge in [-0.25, -0.2) is 0 Å². The van der Waals surface area contributed by atoms with Crippen molar-refractivity contribution in [2.45, 2.75) is 6.42 Å². The van der Waals surface area contributed by atoms with Crippen molar-refractivity contribution in [3.05, 3.63) is 24.5 Å². The smallest absolute Gasteiger partial charge is 0.243 e. The lowest BCUT2D eigenvalue weighted by atomic mass is 10.4. The van der Waals surface area contributed by atoms with E-state index < -0.39 is 0 Å². The van der Waals surface area contributed by atoms with Crippen LogP contribution in [-0.4, -0.2) is 36.5 Å². The van der Waals surface area contributed by atoms with E-state index in [1.165, 1.54) is 0 Å². The summed E-state index contributed by atoms with van der Waals surface area (Å²) in [7, 11) is 0. The number of aromatic nitrogens is 1. The molecule has 0 atom stereocenters. The first kappa shape index (κ1) is 14.7. The van der Waals surface area contributed by atoms with Crippen LogP contribution >= 0.6 is 24.0 Å². The van der Waals surface area contributed by atoms with Gasteiger partial charge in [-0.15, -0.1) is 24.0 Å². The van der Waals surface area contributed by atoms with E-state index in [1.54, 1.807) is 24.5 Å². The highest BCUT2D eigenvalue weighted by Crippen LogP contribution is 2.01. The normalized spacial score (nSPS) is 13.7. The Hall–Kier alpha value is -1.38. The third-order valence-corrected chi connectivity index (χ3v) is 2.26. The number of amides is 1. The van der Waals surface area contributed by atoms with Gasteiger partial charge in [-0.3, -0.25) is 14.8 Å². The van der Waals surface area contributed by atoms with Crippen molar-refractivity contribution in [2.75, 3.05) is 25.0 Å². The Labute approximate surface area is 123 Å². The summed E-state index contributed by atoms with van der Waals surface area (Å²) >= 11 is 0. The van der Waals surface area contributed by atoms with Crippen LogP contribution in [0.3, 0.4) is 0 Å². The minimum Gasteiger partial charge on any atom is -0.356 e. The second-order valence-electron chi connectivity index (χ2n) is 3.65. The van der Waals surface area contributed by atoms with E-state index in [9.17, 15) is 4.79 Å². The fourth-order valence-corrected chi connectivity index (χ4v) is 1.46. The van der Waals surface area contributed by atoms with Gasteiger partial charge in [0.1, 0.15) is 0 Å². The molecule has 2 rings (SSSR count). The maximum Gasteiger partial charge on any atom is 0.243 e. The highest BCUT2D eigenvalue weighted by atomic mass is 127. The molecule has 98 valence electrons. The highest BCUT2D eigenvalue weighted by Gasteiger charge is 2.06. The predicted molar refractivity (Wildman–Crippen MR) is 81.2 cm³/mol. The lowest BCUT2D eigenvalue weighted by Crippen LogP contribution is -2.43. The Balaban J connectivity index is 0.00000162. The lowest BCUT2D eigenvalue weighted by Gasteiger charge is -2.15. The van der Waals surface area contributed by atoms with Gasteiger partial charge in [0.25, 0.3) is 0 Å². The zero-order valence-electron chi connectivity index (χ0n) is 9.85. The summed E-state index contributed by atoms with van der Waals surface area (Å²) in [5.41, 5.74) is 0.692. The van der Waals surface area contributed by atoms with Crippen molar-refractivity contribution in [3.8, 4) is 0 Å². The van der Waals surface area contributed by atoms with E-state index in [0.29, 0.717) is 11.6 Å². The minimum absolute atomic E-state index is 0. The lowest BCUT2D eigenvalue weighted by molar-refractivity contribution is -0.115. The van der Waals surface area contributed by atoms with Crippen molar-refractivity contribution in [1.82, 2.24) is 15.6 Å². The van der Waals surface area contributed by atoms with Crippen LogP contribution in [-0.2, 0) is 4.79 Å². The SMILES string of the molecule is I.O=C(CNC1=NCCCN1)Nc1cccnc1. The van der Waals surface area contributed by atoms with Crippen LogP contribution in [0.5, 0.6) is 0 Å². The van der Waals surface area contributed by atoms with Crippen molar-refractivity contribution in [2.24, 2.45) is 4.99 Å². The maximum atomic E-state index is 11.6. The summed E-state index contributed by atoms with van der Waals surface area (Å²) in [4.78, 5) is 19.7. The zero-order valence-corrected chi connectivity index (χ0v) is 12.2. The predicted octanol–water partition coefficient (Wildman–Crippen LogP) is 0.577. The van der Waals surface area contributed by atoms with Crippen molar-refractivity contribution in [3.63, 3.8) is 0 Å². The number of halogens is 1. The van der Waals surface area contributed by atoms with Crippen LogP contribution in [0.2, 0.25) is 0 Å². The number of hydrogen-bond acceptors (Lipinski definition) is 5. The molecule has 0 unspecified atom stereocenters. The van der Waals surface area contributed by atoms with Gasteiger partial charge in [0.2, 0.25) is 5.91 Å². The number of carbonyl (C=O) groups is 1. The maximum absolute atomic E-state index is 11.6. The Morgan fingerprint density at radius 3 is 3.06 bits per heavy atom. The summed E-state index contributed by atoms with van der Waals surface area (Å²) in [6.45, 7) is 1.90. The van der Waals surface area contributed by atoms with Crippen LogP contribution in [0.1, 0.15) is 6.42 Å². The first-order valence-corrected chi connectivity index (χ1v) is 5.57. The second kappa shape index (κ2) is 7.85. The summed E-state index contributed by atoms with van der Waals surface area (Å²) in [5, 5.41) is 8.77. The molecule has 18 heavy (non-hydrogen) atoms. The van der Waals surface area contributed by atoms with Crippen LogP contribution in [0, 0.1) is 0 Å². The first-order chi connectivity index (χ1) is 8.34. The summed E-state index contributed by atoms with van der Waals surface area (Å²) in [6.07, 6.45) is 4.30. The van der Waals surface area contributed by atoms with Gasteiger partial charge in [-0.05, 0) is 18.6 Å². The quantitative estimate of drug-likeness (QED) is 0.689. The third kappa shape index (κ3) is 4.86. The highest BCUT2D eigenvalue weighted by molar-refractivity contribution is 14.0. The summed E-state index contributed by atoms with van der Waals surface area (Å²) in [5.74, 6) is 0.575. The van der Waals surface area contributed by atoms with Crippen LogP contribution < -0.4 is 16.0 Å². The number of nitrogens with zero attached hydrogens (tertiary/aromatic N) is 2. The number of anilines is 1.